The Morgan fingerprint density at radius 2 is 1.52 bits per heavy atom. The number of rotatable bonds is 4. The minimum absolute atomic E-state index is 0.153. The van der Waals surface area contributed by atoms with Crippen LogP contribution in [0.4, 0.5) is 0 Å². The average Bonchev–Trinajstić information content (AvgIpc) is 2.96. The summed E-state index contributed by atoms with van der Waals surface area (Å²) in [5, 5.41) is 1.39. The number of piperidine rings is 2. The zero-order chi connectivity index (χ0) is 19.0. The number of hydrogen-bond acceptors (Lipinski definition) is 3. The van der Waals surface area contributed by atoms with Crippen molar-refractivity contribution in [1.29, 1.82) is 0 Å². The fourth-order valence-electron chi connectivity index (χ4n) is 6.52. The average molecular weight is 366 g/mol. The van der Waals surface area contributed by atoms with E-state index in [1.165, 1.54) is 22.2 Å². The number of hydrogen-bond donors (Lipinski definition) is 0. The highest BCUT2D eigenvalue weighted by Crippen LogP contribution is 2.55. The summed E-state index contributed by atoms with van der Waals surface area (Å²) in [4.78, 5) is 18.7. The third-order valence-electron chi connectivity index (χ3n) is 7.89. The van der Waals surface area contributed by atoms with Gasteiger partial charge in [-0.3, -0.25) is 14.6 Å². The van der Waals surface area contributed by atoms with Crippen molar-refractivity contribution >= 4 is 16.7 Å². The first-order valence-corrected chi connectivity index (χ1v) is 10.6. The van der Waals surface area contributed by atoms with E-state index in [-0.39, 0.29) is 10.8 Å². The molecule has 0 radical (unpaired) electrons. The lowest BCUT2D eigenvalue weighted by Gasteiger charge is -2.66. The molecular weight excluding hydrogens is 334 g/mol. The van der Waals surface area contributed by atoms with Gasteiger partial charge in [0.2, 0.25) is 0 Å². The molecule has 6 rings (SSSR count). The molecule has 4 fully saturated rings. The van der Waals surface area contributed by atoms with E-state index in [9.17, 15) is 4.79 Å². The number of fused-ring (bicyclic) bond motifs is 1. The van der Waals surface area contributed by atoms with Crippen LogP contribution in [0.1, 0.15) is 51.0 Å². The van der Waals surface area contributed by atoms with E-state index in [4.69, 9.17) is 0 Å². The van der Waals surface area contributed by atoms with Crippen LogP contribution in [0.2, 0.25) is 0 Å². The number of carbonyl (C=O) groups excluding carboxylic acids is 1. The molecule has 4 nitrogen and oxygen atoms in total. The summed E-state index contributed by atoms with van der Waals surface area (Å²) in [6, 6.07) is 8.84. The predicted octanol–water partition coefficient (Wildman–Crippen LogP) is 3.97. The summed E-state index contributed by atoms with van der Waals surface area (Å²) < 4.78 is 2.45. The van der Waals surface area contributed by atoms with Crippen molar-refractivity contribution < 1.29 is 4.79 Å². The monoisotopic (exact) mass is 365 g/mol. The fraction of sp³-hybridized carbons (Fsp3) is 0.609. The van der Waals surface area contributed by atoms with Gasteiger partial charge in [-0.05, 0) is 32.8 Å². The molecule has 2 aromatic rings. The van der Waals surface area contributed by atoms with E-state index in [0.717, 1.165) is 45.6 Å². The van der Waals surface area contributed by atoms with Crippen LogP contribution in [0.25, 0.3) is 10.9 Å². The molecule has 4 aliphatic heterocycles. The molecule has 0 amide bonds. The molecule has 4 bridgehead atoms. The second-order valence-electron chi connectivity index (χ2n) is 9.04. The van der Waals surface area contributed by atoms with Gasteiger partial charge in [-0.25, -0.2) is 0 Å². The standard InChI is InChI=1S/C23H31N3O/c1-5-22-12-24-14-23(6-2,21(22)27)15-25(13-22)20(24)19-16(4)26(7-3)18-11-9-8-10-17(18)19/h8-11,20H,5-7,12-15H2,1-4H3. The first-order chi connectivity index (χ1) is 13.0. The summed E-state index contributed by atoms with van der Waals surface area (Å²) in [7, 11) is 0. The van der Waals surface area contributed by atoms with Crippen LogP contribution in [-0.2, 0) is 11.3 Å². The molecule has 0 atom stereocenters. The van der Waals surface area contributed by atoms with Gasteiger partial charge in [0.1, 0.15) is 5.78 Å². The molecule has 5 heterocycles. The topological polar surface area (TPSA) is 28.5 Å². The number of carbonyl (C=O) groups is 1. The molecule has 0 aliphatic carbocycles. The van der Waals surface area contributed by atoms with Crippen LogP contribution in [0.5, 0.6) is 0 Å². The van der Waals surface area contributed by atoms with E-state index < -0.39 is 0 Å². The lowest BCUT2D eigenvalue weighted by molar-refractivity contribution is -0.204. The van der Waals surface area contributed by atoms with Crippen LogP contribution >= 0.6 is 0 Å². The number of para-hydroxylation sites is 1. The van der Waals surface area contributed by atoms with Gasteiger partial charge in [0.25, 0.3) is 0 Å². The van der Waals surface area contributed by atoms with Crippen molar-refractivity contribution in [2.75, 3.05) is 26.2 Å². The molecule has 27 heavy (non-hydrogen) atoms. The van der Waals surface area contributed by atoms with Crippen molar-refractivity contribution in [2.24, 2.45) is 10.8 Å². The molecule has 4 saturated heterocycles. The van der Waals surface area contributed by atoms with Gasteiger partial charge in [-0.1, -0.05) is 32.0 Å². The van der Waals surface area contributed by atoms with Gasteiger partial charge in [-0.2, -0.15) is 0 Å². The third kappa shape index (κ3) is 2.03. The smallest absolute Gasteiger partial charge is 0.150 e. The number of aromatic nitrogens is 1. The van der Waals surface area contributed by atoms with Gasteiger partial charge in [0, 0.05) is 54.9 Å². The van der Waals surface area contributed by atoms with Gasteiger partial charge in [0.05, 0.1) is 17.0 Å². The van der Waals surface area contributed by atoms with Gasteiger partial charge in [-0.15, -0.1) is 0 Å². The van der Waals surface area contributed by atoms with Crippen molar-refractivity contribution in [2.45, 2.75) is 53.2 Å². The number of Topliss-reactive ketones (excluding diaryl/α,β-unsaturated/α-hetero) is 1. The number of nitrogens with zero attached hydrogens (tertiary/aromatic N) is 3. The minimum Gasteiger partial charge on any atom is -0.345 e. The molecule has 4 heteroatoms. The van der Waals surface area contributed by atoms with Crippen molar-refractivity contribution in [3.05, 3.63) is 35.5 Å². The lowest BCUT2D eigenvalue weighted by Crippen LogP contribution is -2.76. The summed E-state index contributed by atoms with van der Waals surface area (Å²) >= 11 is 0. The molecule has 0 unspecified atom stereocenters. The number of benzene rings is 1. The second kappa shape index (κ2) is 5.68. The van der Waals surface area contributed by atoms with Gasteiger partial charge < -0.3 is 4.57 Å². The minimum atomic E-state index is -0.153. The maximum atomic E-state index is 13.4. The third-order valence-corrected chi connectivity index (χ3v) is 7.89. The summed E-state index contributed by atoms with van der Waals surface area (Å²) in [5.74, 6) is 0.554. The molecule has 0 saturated carbocycles. The molecule has 0 spiro atoms. The SMILES string of the molecule is CCn1c(C)c(C2N3CC4(CC)CN2CC(CC)(C3)C4=O)c2ccccc21. The molecule has 144 valence electrons. The number of aryl methyl sites for hydroxylation is 1. The lowest BCUT2D eigenvalue weighted by atomic mass is 9.58. The van der Waals surface area contributed by atoms with Gasteiger partial charge >= 0.3 is 0 Å². The summed E-state index contributed by atoms with van der Waals surface area (Å²) in [6.45, 7) is 13.6. The molecule has 1 aromatic heterocycles. The highest BCUT2D eigenvalue weighted by molar-refractivity contribution is 5.94. The normalized spacial score (nSPS) is 37.5. The van der Waals surface area contributed by atoms with Crippen LogP contribution < -0.4 is 0 Å². The van der Waals surface area contributed by atoms with E-state index in [1.54, 1.807) is 0 Å². The second-order valence-corrected chi connectivity index (χ2v) is 9.04. The predicted molar refractivity (Wildman–Crippen MR) is 109 cm³/mol. The van der Waals surface area contributed by atoms with Crippen LogP contribution in [0.3, 0.4) is 0 Å². The van der Waals surface area contributed by atoms with Crippen LogP contribution in [-0.4, -0.2) is 46.3 Å². The van der Waals surface area contributed by atoms with Crippen molar-refractivity contribution in [1.82, 2.24) is 14.4 Å². The molecule has 0 N–H and O–H groups in total. The van der Waals surface area contributed by atoms with E-state index >= 15 is 0 Å². The number of ketones is 1. The summed E-state index contributed by atoms with van der Waals surface area (Å²) in [6.07, 6.45) is 2.24. The van der Waals surface area contributed by atoms with Gasteiger partial charge in [0.15, 0.2) is 0 Å². The Kier molecular flexibility index (Phi) is 3.67. The van der Waals surface area contributed by atoms with Crippen molar-refractivity contribution in [3.8, 4) is 0 Å². The zero-order valence-corrected chi connectivity index (χ0v) is 17.1. The largest absolute Gasteiger partial charge is 0.345 e. The fourth-order valence-corrected chi connectivity index (χ4v) is 6.52. The maximum absolute atomic E-state index is 13.4. The molecule has 4 aliphatic rings. The van der Waals surface area contributed by atoms with Crippen LogP contribution in [0.15, 0.2) is 24.3 Å². The molecular formula is C23H31N3O. The Hall–Kier alpha value is -1.65. The first kappa shape index (κ1) is 17.4. The van der Waals surface area contributed by atoms with Crippen molar-refractivity contribution in [3.63, 3.8) is 0 Å². The highest BCUT2D eigenvalue weighted by Gasteiger charge is 2.64. The van der Waals surface area contributed by atoms with E-state index in [2.05, 4.69) is 66.3 Å². The summed E-state index contributed by atoms with van der Waals surface area (Å²) in [5.41, 5.74) is 3.89. The Morgan fingerprint density at radius 3 is 2.04 bits per heavy atom. The zero-order valence-electron chi connectivity index (χ0n) is 17.1. The Morgan fingerprint density at radius 1 is 0.963 bits per heavy atom. The first-order valence-electron chi connectivity index (χ1n) is 10.6. The molecule has 1 aromatic carbocycles. The van der Waals surface area contributed by atoms with E-state index in [1.807, 2.05) is 0 Å². The Labute approximate surface area is 162 Å². The highest BCUT2D eigenvalue weighted by atomic mass is 16.1. The van der Waals surface area contributed by atoms with Crippen LogP contribution in [0, 0.1) is 17.8 Å². The Bertz CT molecular complexity index is 885. The van der Waals surface area contributed by atoms with E-state index in [0.29, 0.717) is 11.9 Å². The Balaban J connectivity index is 1.67. The quantitative estimate of drug-likeness (QED) is 0.821. The maximum Gasteiger partial charge on any atom is 0.150 e.